The van der Waals surface area contributed by atoms with Crippen LogP contribution in [0.5, 0.6) is 0 Å². The van der Waals surface area contributed by atoms with Gasteiger partial charge in [-0.15, -0.1) is 0 Å². The topological polar surface area (TPSA) is 74.6 Å². The third kappa shape index (κ3) is 8.56. The minimum Gasteiger partial charge on any atom is -0.477 e. The number of carboxylic acid groups (broad SMARTS) is 2. The Morgan fingerprint density at radius 1 is 0.944 bits per heavy atom. The van der Waals surface area contributed by atoms with Gasteiger partial charge in [-0.2, -0.15) is 0 Å². The molecule has 0 aliphatic heterocycles. The van der Waals surface area contributed by atoms with E-state index >= 15 is 0 Å². The SMILES string of the molecule is CCCCCCCCC=CC=C(C(=O)O)C(=O)O. The highest BCUT2D eigenvalue weighted by molar-refractivity contribution is 6.12. The summed E-state index contributed by atoms with van der Waals surface area (Å²) in [7, 11) is 0. The molecular weight excluding hydrogens is 232 g/mol. The van der Waals surface area contributed by atoms with E-state index in [9.17, 15) is 9.59 Å². The first-order valence-electron chi connectivity index (χ1n) is 6.43. The number of hydrogen-bond acceptors (Lipinski definition) is 2. The molecule has 0 aromatic carbocycles. The van der Waals surface area contributed by atoms with Crippen LogP contribution in [0.4, 0.5) is 0 Å². The number of aliphatic carboxylic acids is 2. The Morgan fingerprint density at radius 3 is 2.06 bits per heavy atom. The van der Waals surface area contributed by atoms with Gasteiger partial charge in [0.25, 0.3) is 0 Å². The first-order chi connectivity index (χ1) is 8.59. The predicted molar refractivity (Wildman–Crippen MR) is 70.5 cm³/mol. The average molecular weight is 254 g/mol. The molecule has 0 spiro atoms. The van der Waals surface area contributed by atoms with Gasteiger partial charge in [0.2, 0.25) is 0 Å². The maximum atomic E-state index is 10.5. The number of allylic oxidation sites excluding steroid dienone is 3. The number of rotatable bonds is 10. The van der Waals surface area contributed by atoms with Gasteiger partial charge < -0.3 is 10.2 Å². The van der Waals surface area contributed by atoms with Gasteiger partial charge in [0.15, 0.2) is 0 Å². The summed E-state index contributed by atoms with van der Waals surface area (Å²) in [6.07, 6.45) is 12.5. The van der Waals surface area contributed by atoms with Crippen molar-refractivity contribution in [2.75, 3.05) is 0 Å². The summed E-state index contributed by atoms with van der Waals surface area (Å²) in [6.45, 7) is 2.18. The van der Waals surface area contributed by atoms with E-state index in [1.807, 2.05) is 6.08 Å². The molecular formula is C14H22O4. The molecule has 0 amide bonds. The molecule has 0 unspecified atom stereocenters. The monoisotopic (exact) mass is 254 g/mol. The lowest BCUT2D eigenvalue weighted by atomic mass is 10.1. The molecule has 0 saturated carbocycles. The molecule has 0 atom stereocenters. The first-order valence-corrected chi connectivity index (χ1v) is 6.43. The molecule has 102 valence electrons. The van der Waals surface area contributed by atoms with Crippen LogP contribution in [0.3, 0.4) is 0 Å². The van der Waals surface area contributed by atoms with Crippen molar-refractivity contribution in [3.63, 3.8) is 0 Å². The number of carboxylic acids is 2. The van der Waals surface area contributed by atoms with Crippen molar-refractivity contribution in [1.29, 1.82) is 0 Å². The third-order valence-corrected chi connectivity index (χ3v) is 2.58. The molecule has 0 radical (unpaired) electrons. The molecule has 0 saturated heterocycles. The van der Waals surface area contributed by atoms with Gasteiger partial charge in [0.1, 0.15) is 5.57 Å². The summed E-state index contributed by atoms with van der Waals surface area (Å²) in [5.41, 5.74) is -0.603. The summed E-state index contributed by atoms with van der Waals surface area (Å²) in [4.78, 5) is 21.0. The second kappa shape index (κ2) is 10.6. The van der Waals surface area contributed by atoms with E-state index in [1.165, 1.54) is 38.2 Å². The molecule has 0 aliphatic carbocycles. The lowest BCUT2D eigenvalue weighted by molar-refractivity contribution is -0.140. The summed E-state index contributed by atoms with van der Waals surface area (Å²) in [5.74, 6) is -2.82. The number of unbranched alkanes of at least 4 members (excludes halogenated alkanes) is 6. The maximum Gasteiger partial charge on any atom is 0.343 e. The van der Waals surface area contributed by atoms with Crippen LogP contribution in [0.25, 0.3) is 0 Å². The molecule has 0 fully saturated rings. The number of hydrogen-bond donors (Lipinski definition) is 2. The molecule has 0 aromatic heterocycles. The Balaban J connectivity index is 3.79. The standard InChI is InChI=1S/C14H22O4/c1-2-3-4-5-6-7-8-9-10-11-12(13(15)16)14(17)18/h9-11H,2-8H2,1H3,(H,15,16)(H,17,18). The Hall–Kier alpha value is -1.58. The van der Waals surface area contributed by atoms with Crippen LogP contribution in [0, 0.1) is 0 Å². The third-order valence-electron chi connectivity index (χ3n) is 2.58. The fraction of sp³-hybridized carbons (Fsp3) is 0.571. The molecule has 0 rings (SSSR count). The van der Waals surface area contributed by atoms with Crippen molar-refractivity contribution in [3.05, 3.63) is 23.8 Å². The summed E-state index contributed by atoms with van der Waals surface area (Å²) >= 11 is 0. The molecule has 0 bridgehead atoms. The highest BCUT2D eigenvalue weighted by Gasteiger charge is 2.13. The van der Waals surface area contributed by atoms with E-state index in [-0.39, 0.29) is 0 Å². The highest BCUT2D eigenvalue weighted by atomic mass is 16.4. The molecule has 0 aliphatic rings. The zero-order valence-electron chi connectivity index (χ0n) is 10.9. The molecule has 4 nitrogen and oxygen atoms in total. The molecule has 0 heterocycles. The van der Waals surface area contributed by atoms with Gasteiger partial charge in [0.05, 0.1) is 0 Å². The molecule has 4 heteroatoms. The lowest BCUT2D eigenvalue weighted by Crippen LogP contribution is -2.10. The Morgan fingerprint density at radius 2 is 1.50 bits per heavy atom. The van der Waals surface area contributed by atoms with E-state index in [4.69, 9.17) is 10.2 Å². The van der Waals surface area contributed by atoms with Crippen molar-refractivity contribution in [1.82, 2.24) is 0 Å². The zero-order valence-corrected chi connectivity index (χ0v) is 10.9. The highest BCUT2D eigenvalue weighted by Crippen LogP contribution is 2.07. The summed E-state index contributed by atoms with van der Waals surface area (Å²) < 4.78 is 0. The van der Waals surface area contributed by atoms with E-state index in [2.05, 4.69) is 6.92 Å². The quantitative estimate of drug-likeness (QED) is 0.206. The molecule has 0 aromatic rings. The second-order valence-electron chi connectivity index (χ2n) is 4.18. The van der Waals surface area contributed by atoms with Crippen LogP contribution < -0.4 is 0 Å². The Labute approximate surface area is 108 Å². The van der Waals surface area contributed by atoms with E-state index in [0.717, 1.165) is 18.9 Å². The van der Waals surface area contributed by atoms with Crippen LogP contribution >= 0.6 is 0 Å². The Kier molecular flexibility index (Phi) is 9.64. The van der Waals surface area contributed by atoms with E-state index in [1.54, 1.807) is 0 Å². The predicted octanol–water partition coefficient (Wildman–Crippen LogP) is 3.39. The maximum absolute atomic E-state index is 10.5. The number of carbonyl (C=O) groups is 2. The van der Waals surface area contributed by atoms with Crippen molar-refractivity contribution in [2.45, 2.75) is 51.9 Å². The second-order valence-corrected chi connectivity index (χ2v) is 4.18. The van der Waals surface area contributed by atoms with Gasteiger partial charge in [-0.05, 0) is 18.9 Å². The van der Waals surface area contributed by atoms with Crippen LogP contribution in [0.2, 0.25) is 0 Å². The molecule has 18 heavy (non-hydrogen) atoms. The van der Waals surface area contributed by atoms with Gasteiger partial charge in [-0.1, -0.05) is 51.2 Å². The van der Waals surface area contributed by atoms with Crippen LogP contribution in [0.1, 0.15) is 51.9 Å². The van der Waals surface area contributed by atoms with Crippen LogP contribution in [-0.4, -0.2) is 22.2 Å². The minimum absolute atomic E-state index is 0.603. The average Bonchev–Trinajstić information content (AvgIpc) is 2.30. The van der Waals surface area contributed by atoms with Crippen LogP contribution in [0.15, 0.2) is 23.8 Å². The van der Waals surface area contributed by atoms with Gasteiger partial charge in [-0.25, -0.2) is 9.59 Å². The van der Waals surface area contributed by atoms with Crippen molar-refractivity contribution in [3.8, 4) is 0 Å². The normalized spacial score (nSPS) is 10.5. The van der Waals surface area contributed by atoms with E-state index in [0.29, 0.717) is 0 Å². The van der Waals surface area contributed by atoms with Gasteiger partial charge in [-0.3, -0.25) is 0 Å². The first kappa shape index (κ1) is 16.4. The smallest absolute Gasteiger partial charge is 0.343 e. The lowest BCUT2D eigenvalue weighted by Gasteiger charge is -1.97. The van der Waals surface area contributed by atoms with Crippen molar-refractivity contribution in [2.24, 2.45) is 0 Å². The Bertz CT molecular complexity index is 300. The van der Waals surface area contributed by atoms with Crippen molar-refractivity contribution >= 4 is 11.9 Å². The fourth-order valence-corrected chi connectivity index (χ4v) is 1.54. The van der Waals surface area contributed by atoms with Crippen molar-refractivity contribution < 1.29 is 19.8 Å². The molecule has 2 N–H and O–H groups in total. The summed E-state index contributed by atoms with van der Waals surface area (Å²) in [6, 6.07) is 0. The largest absolute Gasteiger partial charge is 0.477 e. The van der Waals surface area contributed by atoms with Gasteiger partial charge >= 0.3 is 11.9 Å². The summed E-state index contributed by atoms with van der Waals surface area (Å²) in [5, 5.41) is 17.2. The van der Waals surface area contributed by atoms with Crippen LogP contribution in [-0.2, 0) is 9.59 Å². The van der Waals surface area contributed by atoms with E-state index < -0.39 is 17.5 Å². The fourth-order valence-electron chi connectivity index (χ4n) is 1.54. The minimum atomic E-state index is -1.41. The van der Waals surface area contributed by atoms with Gasteiger partial charge in [0, 0.05) is 0 Å². The zero-order chi connectivity index (χ0) is 13.8.